The van der Waals surface area contributed by atoms with Crippen molar-refractivity contribution in [3.05, 3.63) is 65.5 Å². The molecule has 0 fully saturated rings. The Kier molecular flexibility index (Phi) is 8.07. The van der Waals surface area contributed by atoms with Gasteiger partial charge in [-0.25, -0.2) is 4.39 Å². The first-order valence-corrected chi connectivity index (χ1v) is 9.01. The standard InChI is InChI=1S/C21H29FN4O/c1-23-21(26(4)12-13-27-19-8-6-5-7-9-19)24-15-17-10-11-20(22)18(14-17)16-25(2)3/h5-11,14H,12-13,15-16H2,1-4H3,(H,23,24). The van der Waals surface area contributed by atoms with Crippen molar-refractivity contribution in [2.24, 2.45) is 4.99 Å². The summed E-state index contributed by atoms with van der Waals surface area (Å²) in [6, 6.07) is 15.0. The lowest BCUT2D eigenvalue weighted by molar-refractivity contribution is 0.281. The lowest BCUT2D eigenvalue weighted by Gasteiger charge is -2.22. The van der Waals surface area contributed by atoms with Gasteiger partial charge in [-0.05, 0) is 43.9 Å². The molecule has 5 nitrogen and oxygen atoms in total. The van der Waals surface area contributed by atoms with Crippen LogP contribution in [0.1, 0.15) is 11.1 Å². The Morgan fingerprint density at radius 3 is 2.52 bits per heavy atom. The lowest BCUT2D eigenvalue weighted by Crippen LogP contribution is -2.40. The van der Waals surface area contributed by atoms with Crippen LogP contribution in [0.15, 0.2) is 53.5 Å². The van der Waals surface area contributed by atoms with E-state index in [1.54, 1.807) is 13.1 Å². The van der Waals surface area contributed by atoms with Gasteiger partial charge in [-0.3, -0.25) is 4.99 Å². The van der Waals surface area contributed by atoms with Crippen LogP contribution in [0.2, 0.25) is 0 Å². The minimum absolute atomic E-state index is 0.174. The Hall–Kier alpha value is -2.60. The summed E-state index contributed by atoms with van der Waals surface area (Å²) in [4.78, 5) is 8.27. The van der Waals surface area contributed by atoms with Crippen LogP contribution in [0.4, 0.5) is 4.39 Å². The van der Waals surface area contributed by atoms with E-state index in [0.29, 0.717) is 31.8 Å². The summed E-state index contributed by atoms with van der Waals surface area (Å²) in [6.45, 7) is 2.41. The van der Waals surface area contributed by atoms with Gasteiger partial charge in [0, 0.05) is 32.7 Å². The second kappa shape index (κ2) is 10.5. The third-order valence-electron chi connectivity index (χ3n) is 4.06. The molecule has 2 aromatic carbocycles. The van der Waals surface area contributed by atoms with Crippen LogP contribution >= 0.6 is 0 Å². The Bertz CT molecular complexity index is 734. The molecule has 0 aromatic heterocycles. The topological polar surface area (TPSA) is 40.1 Å². The molecule has 0 aliphatic heterocycles. The molecule has 0 amide bonds. The molecule has 0 atom stereocenters. The van der Waals surface area contributed by atoms with Crippen LogP contribution in [0.3, 0.4) is 0 Å². The molecule has 2 aromatic rings. The van der Waals surface area contributed by atoms with E-state index in [1.807, 2.05) is 67.3 Å². The lowest BCUT2D eigenvalue weighted by atomic mass is 10.1. The Balaban J connectivity index is 1.85. The second-order valence-electron chi connectivity index (χ2n) is 6.65. The first-order valence-electron chi connectivity index (χ1n) is 9.01. The fourth-order valence-corrected chi connectivity index (χ4v) is 2.69. The average Bonchev–Trinajstić information content (AvgIpc) is 2.65. The molecule has 2 rings (SSSR count). The van der Waals surface area contributed by atoms with E-state index in [9.17, 15) is 4.39 Å². The SMILES string of the molecule is CN=C(NCc1ccc(F)c(CN(C)C)c1)N(C)CCOc1ccccc1. The number of hydrogen-bond acceptors (Lipinski definition) is 3. The summed E-state index contributed by atoms with van der Waals surface area (Å²) in [5, 5.41) is 3.32. The summed E-state index contributed by atoms with van der Waals surface area (Å²) >= 11 is 0. The van der Waals surface area contributed by atoms with E-state index in [-0.39, 0.29) is 5.82 Å². The third kappa shape index (κ3) is 6.90. The van der Waals surface area contributed by atoms with Gasteiger partial charge in [-0.15, -0.1) is 0 Å². The summed E-state index contributed by atoms with van der Waals surface area (Å²) in [6.07, 6.45) is 0. The molecule has 0 bridgehead atoms. The minimum atomic E-state index is -0.174. The minimum Gasteiger partial charge on any atom is -0.492 e. The smallest absolute Gasteiger partial charge is 0.193 e. The molecule has 146 valence electrons. The van der Waals surface area contributed by atoms with Crippen LogP contribution in [-0.4, -0.2) is 57.1 Å². The highest BCUT2D eigenvalue weighted by Crippen LogP contribution is 2.12. The molecule has 0 heterocycles. The van der Waals surface area contributed by atoms with Crippen LogP contribution in [0, 0.1) is 5.82 Å². The van der Waals surface area contributed by atoms with E-state index in [0.717, 1.165) is 17.3 Å². The van der Waals surface area contributed by atoms with E-state index >= 15 is 0 Å². The van der Waals surface area contributed by atoms with Crippen molar-refractivity contribution >= 4 is 5.96 Å². The van der Waals surface area contributed by atoms with Gasteiger partial charge in [0.15, 0.2) is 5.96 Å². The number of nitrogens with zero attached hydrogens (tertiary/aromatic N) is 3. The van der Waals surface area contributed by atoms with Crippen molar-refractivity contribution in [1.29, 1.82) is 0 Å². The number of likely N-dealkylation sites (N-methyl/N-ethyl adjacent to an activating group) is 1. The molecular weight excluding hydrogens is 343 g/mol. The van der Waals surface area contributed by atoms with E-state index in [1.165, 1.54) is 6.07 Å². The Morgan fingerprint density at radius 2 is 1.85 bits per heavy atom. The maximum absolute atomic E-state index is 13.9. The fourth-order valence-electron chi connectivity index (χ4n) is 2.69. The number of ether oxygens (including phenoxy) is 1. The van der Waals surface area contributed by atoms with Crippen LogP contribution in [0.25, 0.3) is 0 Å². The van der Waals surface area contributed by atoms with E-state index in [4.69, 9.17) is 4.74 Å². The highest BCUT2D eigenvalue weighted by molar-refractivity contribution is 5.79. The molecule has 0 saturated carbocycles. The molecule has 0 radical (unpaired) electrons. The van der Waals surface area contributed by atoms with Gasteiger partial charge in [0.05, 0.1) is 6.54 Å². The number of para-hydroxylation sites is 1. The monoisotopic (exact) mass is 372 g/mol. The van der Waals surface area contributed by atoms with Gasteiger partial charge < -0.3 is 19.9 Å². The molecule has 0 spiro atoms. The third-order valence-corrected chi connectivity index (χ3v) is 4.06. The number of rotatable bonds is 8. The fraction of sp³-hybridized carbons (Fsp3) is 0.381. The highest BCUT2D eigenvalue weighted by Gasteiger charge is 2.08. The number of guanidine groups is 1. The average molecular weight is 372 g/mol. The number of aliphatic imine (C=N–C) groups is 1. The van der Waals surface area contributed by atoms with Gasteiger partial charge in [-0.2, -0.15) is 0 Å². The van der Waals surface area contributed by atoms with Gasteiger partial charge in [0.2, 0.25) is 0 Å². The zero-order chi connectivity index (χ0) is 19.6. The van der Waals surface area contributed by atoms with Crippen molar-refractivity contribution in [3.63, 3.8) is 0 Å². The molecular formula is C21H29FN4O. The molecule has 0 aliphatic carbocycles. The summed E-state index contributed by atoms with van der Waals surface area (Å²) < 4.78 is 19.6. The van der Waals surface area contributed by atoms with Gasteiger partial charge in [-0.1, -0.05) is 24.3 Å². The zero-order valence-electron chi connectivity index (χ0n) is 16.6. The van der Waals surface area contributed by atoms with Gasteiger partial charge >= 0.3 is 0 Å². The van der Waals surface area contributed by atoms with Crippen molar-refractivity contribution in [2.75, 3.05) is 41.3 Å². The summed E-state index contributed by atoms with van der Waals surface area (Å²) in [5.41, 5.74) is 1.71. The zero-order valence-corrected chi connectivity index (χ0v) is 16.6. The molecule has 0 aliphatic rings. The van der Waals surface area contributed by atoms with Crippen LogP contribution in [-0.2, 0) is 13.1 Å². The van der Waals surface area contributed by atoms with Gasteiger partial charge in [0.25, 0.3) is 0 Å². The number of hydrogen-bond donors (Lipinski definition) is 1. The largest absolute Gasteiger partial charge is 0.492 e. The summed E-state index contributed by atoms with van der Waals surface area (Å²) in [5.74, 6) is 1.45. The number of benzene rings is 2. The maximum atomic E-state index is 13.9. The van der Waals surface area contributed by atoms with Crippen molar-refractivity contribution in [3.8, 4) is 5.75 Å². The number of halogens is 1. The Morgan fingerprint density at radius 1 is 1.11 bits per heavy atom. The van der Waals surface area contributed by atoms with Crippen molar-refractivity contribution in [2.45, 2.75) is 13.1 Å². The first kappa shape index (κ1) is 20.7. The van der Waals surface area contributed by atoms with E-state index in [2.05, 4.69) is 10.3 Å². The van der Waals surface area contributed by atoms with Crippen molar-refractivity contribution < 1.29 is 9.13 Å². The predicted molar refractivity (Wildman–Crippen MR) is 109 cm³/mol. The highest BCUT2D eigenvalue weighted by atomic mass is 19.1. The first-order chi connectivity index (χ1) is 13.0. The van der Waals surface area contributed by atoms with E-state index < -0.39 is 0 Å². The predicted octanol–water partition coefficient (Wildman–Crippen LogP) is 2.97. The Labute approximate surface area is 161 Å². The second-order valence-corrected chi connectivity index (χ2v) is 6.65. The quantitative estimate of drug-likeness (QED) is 0.571. The van der Waals surface area contributed by atoms with Crippen LogP contribution in [0.5, 0.6) is 5.75 Å². The molecule has 0 unspecified atom stereocenters. The normalized spacial score (nSPS) is 11.6. The maximum Gasteiger partial charge on any atom is 0.193 e. The van der Waals surface area contributed by atoms with Crippen molar-refractivity contribution in [1.82, 2.24) is 15.1 Å². The molecule has 1 N–H and O–H groups in total. The van der Waals surface area contributed by atoms with Gasteiger partial charge in [0.1, 0.15) is 18.2 Å². The molecule has 0 saturated heterocycles. The number of nitrogens with one attached hydrogen (secondary N) is 1. The molecule has 27 heavy (non-hydrogen) atoms. The summed E-state index contributed by atoms with van der Waals surface area (Å²) in [7, 11) is 7.57. The van der Waals surface area contributed by atoms with Crippen LogP contribution < -0.4 is 10.1 Å². The molecule has 6 heteroatoms.